The van der Waals surface area contributed by atoms with Crippen LogP contribution in [0.4, 0.5) is 5.82 Å². The number of imidazole rings is 1. The van der Waals surface area contributed by atoms with Crippen LogP contribution in [0, 0.1) is 0 Å². The summed E-state index contributed by atoms with van der Waals surface area (Å²) in [6, 6.07) is 13.4. The molecular weight excluding hydrogens is 420 g/mol. The summed E-state index contributed by atoms with van der Waals surface area (Å²) >= 11 is 8.08. The second-order valence-electron chi connectivity index (χ2n) is 6.82. The van der Waals surface area contributed by atoms with E-state index in [-0.39, 0.29) is 11.6 Å². The fraction of sp³-hybridized carbons (Fsp3) is 0.143. The highest BCUT2D eigenvalue weighted by atomic mass is 35.5. The molecule has 0 aliphatic rings. The highest BCUT2D eigenvalue weighted by Gasteiger charge is 2.18. The number of aromatic nitrogens is 5. The number of rotatable bonds is 5. The highest BCUT2D eigenvalue weighted by molar-refractivity contribution is 7.21. The van der Waals surface area contributed by atoms with Crippen molar-refractivity contribution >= 4 is 44.7 Å². The molecule has 1 aromatic carbocycles. The number of hydrogen-bond acceptors (Lipinski definition) is 6. The first-order valence-electron chi connectivity index (χ1n) is 9.46. The molecule has 4 aromatic heterocycles. The van der Waals surface area contributed by atoms with E-state index < -0.39 is 0 Å². The number of fused-ring (bicyclic) bond motifs is 2. The molecule has 0 fully saturated rings. The Morgan fingerprint density at radius 3 is 2.83 bits per heavy atom. The number of halogens is 1. The zero-order valence-corrected chi connectivity index (χ0v) is 17.5. The Balaban J connectivity index is 1.58. The Morgan fingerprint density at radius 2 is 2.03 bits per heavy atom. The van der Waals surface area contributed by atoms with E-state index in [9.17, 15) is 4.79 Å². The van der Waals surface area contributed by atoms with E-state index in [1.165, 1.54) is 17.7 Å². The normalized spacial score (nSPS) is 12.5. The number of H-pyrrole nitrogens is 1. The monoisotopic (exact) mass is 436 g/mol. The summed E-state index contributed by atoms with van der Waals surface area (Å²) < 4.78 is 1.56. The van der Waals surface area contributed by atoms with E-state index in [4.69, 9.17) is 11.6 Å². The summed E-state index contributed by atoms with van der Waals surface area (Å²) in [5.41, 5.74) is 3.04. The van der Waals surface area contributed by atoms with Crippen LogP contribution in [-0.4, -0.2) is 24.3 Å². The third kappa shape index (κ3) is 3.14. The molecule has 2 N–H and O–H groups in total. The van der Waals surface area contributed by atoms with Crippen LogP contribution < -0.4 is 10.9 Å². The first-order valence-corrected chi connectivity index (χ1v) is 10.7. The zero-order chi connectivity index (χ0) is 20.7. The fourth-order valence-electron chi connectivity index (χ4n) is 3.51. The lowest BCUT2D eigenvalue weighted by atomic mass is 10.1. The van der Waals surface area contributed by atoms with Crippen molar-refractivity contribution in [2.75, 3.05) is 5.32 Å². The van der Waals surface area contributed by atoms with Gasteiger partial charge in [0, 0.05) is 6.07 Å². The number of pyridine rings is 1. The molecule has 0 amide bonds. The lowest BCUT2D eigenvalue weighted by molar-refractivity contribution is 0.743. The molecule has 0 spiro atoms. The van der Waals surface area contributed by atoms with Crippen molar-refractivity contribution in [2.24, 2.45) is 0 Å². The second-order valence-corrected chi connectivity index (χ2v) is 8.20. The van der Waals surface area contributed by atoms with Crippen LogP contribution in [-0.2, 0) is 0 Å². The Hall–Kier alpha value is -3.23. The predicted octanol–water partition coefficient (Wildman–Crippen LogP) is 4.91. The highest BCUT2D eigenvalue weighted by Crippen LogP contribution is 2.36. The molecule has 0 bridgehead atoms. The van der Waals surface area contributed by atoms with Crippen LogP contribution in [0.5, 0.6) is 0 Å². The van der Waals surface area contributed by atoms with Crippen molar-refractivity contribution in [1.82, 2.24) is 24.3 Å². The lowest BCUT2D eigenvalue weighted by Gasteiger charge is -2.18. The van der Waals surface area contributed by atoms with E-state index in [2.05, 4.69) is 32.2 Å². The molecule has 0 saturated heterocycles. The fourth-order valence-corrected chi connectivity index (χ4v) is 5.06. The summed E-state index contributed by atoms with van der Waals surface area (Å²) in [5.74, 6) is 0.627. The SMILES string of the molecule is CCC(Nc1ncnc2[nH]cnc12)c1cc(=O)n2c(Cl)c(-c3ccccc3)sc2c1. The maximum absolute atomic E-state index is 12.9. The van der Waals surface area contributed by atoms with Gasteiger partial charge in [-0.15, -0.1) is 11.3 Å². The van der Waals surface area contributed by atoms with Crippen molar-refractivity contribution in [1.29, 1.82) is 0 Å². The second kappa shape index (κ2) is 7.55. The van der Waals surface area contributed by atoms with Gasteiger partial charge in [-0.05, 0) is 23.6 Å². The average Bonchev–Trinajstić information content (AvgIpc) is 3.37. The van der Waals surface area contributed by atoms with E-state index >= 15 is 0 Å². The maximum atomic E-state index is 12.9. The molecule has 5 rings (SSSR count). The van der Waals surface area contributed by atoms with Gasteiger partial charge >= 0.3 is 0 Å². The minimum absolute atomic E-state index is 0.112. The summed E-state index contributed by atoms with van der Waals surface area (Å²) in [4.78, 5) is 30.4. The van der Waals surface area contributed by atoms with Gasteiger partial charge in [0.05, 0.1) is 17.2 Å². The van der Waals surface area contributed by atoms with Crippen molar-refractivity contribution in [3.63, 3.8) is 0 Å². The smallest absolute Gasteiger partial charge is 0.257 e. The number of benzene rings is 1. The Bertz CT molecular complexity index is 1410. The van der Waals surface area contributed by atoms with Crippen LogP contribution in [0.15, 0.2) is 59.9 Å². The number of hydrogen-bond donors (Lipinski definition) is 2. The Labute approximate surface area is 180 Å². The van der Waals surface area contributed by atoms with Crippen LogP contribution in [0.25, 0.3) is 26.4 Å². The van der Waals surface area contributed by atoms with Gasteiger partial charge in [-0.25, -0.2) is 15.0 Å². The van der Waals surface area contributed by atoms with Crippen LogP contribution in [0.3, 0.4) is 0 Å². The van der Waals surface area contributed by atoms with Gasteiger partial charge in [0.15, 0.2) is 11.5 Å². The maximum Gasteiger partial charge on any atom is 0.257 e. The number of thiazole rings is 1. The van der Waals surface area contributed by atoms with Crippen molar-refractivity contribution in [3.05, 3.63) is 76.2 Å². The predicted molar refractivity (Wildman–Crippen MR) is 120 cm³/mol. The van der Waals surface area contributed by atoms with Gasteiger partial charge in [-0.2, -0.15) is 0 Å². The molecule has 1 unspecified atom stereocenters. The number of nitrogens with zero attached hydrogens (tertiary/aromatic N) is 4. The van der Waals surface area contributed by atoms with Crippen LogP contribution in [0.1, 0.15) is 24.9 Å². The van der Waals surface area contributed by atoms with Crippen molar-refractivity contribution in [3.8, 4) is 10.4 Å². The minimum atomic E-state index is -0.154. The molecular formula is C21H17ClN6OS. The van der Waals surface area contributed by atoms with Crippen molar-refractivity contribution in [2.45, 2.75) is 19.4 Å². The summed E-state index contributed by atoms with van der Waals surface area (Å²) in [5, 5.41) is 3.85. The molecule has 0 radical (unpaired) electrons. The lowest BCUT2D eigenvalue weighted by Crippen LogP contribution is -2.17. The van der Waals surface area contributed by atoms with Gasteiger partial charge < -0.3 is 10.3 Å². The molecule has 9 heteroatoms. The van der Waals surface area contributed by atoms with Crippen LogP contribution in [0.2, 0.25) is 5.15 Å². The molecule has 0 aliphatic carbocycles. The molecule has 4 heterocycles. The molecule has 30 heavy (non-hydrogen) atoms. The number of aromatic amines is 1. The molecule has 7 nitrogen and oxygen atoms in total. The van der Waals surface area contributed by atoms with E-state index in [0.717, 1.165) is 27.3 Å². The Morgan fingerprint density at radius 1 is 1.20 bits per heavy atom. The zero-order valence-electron chi connectivity index (χ0n) is 16.0. The molecule has 5 aromatic rings. The van der Waals surface area contributed by atoms with Gasteiger partial charge in [0.2, 0.25) is 0 Å². The third-order valence-electron chi connectivity index (χ3n) is 4.99. The van der Waals surface area contributed by atoms with Gasteiger partial charge in [0.1, 0.15) is 21.8 Å². The molecule has 0 aliphatic heterocycles. The third-order valence-corrected chi connectivity index (χ3v) is 6.60. The van der Waals surface area contributed by atoms with Gasteiger partial charge in [-0.3, -0.25) is 9.20 Å². The van der Waals surface area contributed by atoms with Crippen LogP contribution >= 0.6 is 22.9 Å². The largest absolute Gasteiger partial charge is 0.361 e. The summed E-state index contributed by atoms with van der Waals surface area (Å²) in [6.45, 7) is 2.05. The Kier molecular flexibility index (Phi) is 4.72. The van der Waals surface area contributed by atoms with E-state index in [1.807, 2.05) is 36.4 Å². The number of nitrogens with one attached hydrogen (secondary N) is 2. The van der Waals surface area contributed by atoms with Crippen molar-refractivity contribution < 1.29 is 0 Å². The van der Waals surface area contributed by atoms with E-state index in [0.29, 0.717) is 22.1 Å². The first kappa shape index (κ1) is 18.8. The topological polar surface area (TPSA) is 88.0 Å². The van der Waals surface area contributed by atoms with E-state index in [1.54, 1.807) is 16.8 Å². The first-order chi connectivity index (χ1) is 14.7. The van der Waals surface area contributed by atoms with Gasteiger partial charge in [-0.1, -0.05) is 48.9 Å². The molecule has 150 valence electrons. The minimum Gasteiger partial charge on any atom is -0.361 e. The molecule has 0 saturated carbocycles. The summed E-state index contributed by atoms with van der Waals surface area (Å²) in [7, 11) is 0. The quantitative estimate of drug-likeness (QED) is 0.408. The molecule has 1 atom stereocenters. The average molecular weight is 437 g/mol. The van der Waals surface area contributed by atoms with Gasteiger partial charge in [0.25, 0.3) is 5.56 Å². The standard InChI is InChI=1S/C21H17ClN6OS/c1-2-14(27-21-17-20(24-10-23-17)25-11-26-21)13-8-15(29)28-16(9-13)30-18(19(28)22)12-6-4-3-5-7-12/h3-11,14H,2H2,1H3,(H2,23,24,25,26,27). The summed E-state index contributed by atoms with van der Waals surface area (Å²) in [6.07, 6.45) is 3.83. The number of anilines is 1.